The fraction of sp³-hybridized carbons (Fsp3) is 0.143. The molecule has 1 aromatic rings. The van der Waals surface area contributed by atoms with E-state index >= 15 is 0 Å². The summed E-state index contributed by atoms with van der Waals surface area (Å²) in [6.45, 7) is 0. The molecule has 0 atom stereocenters. The second-order valence-corrected chi connectivity index (χ2v) is 1.67. The smallest absolute Gasteiger partial charge is 0.160 e. The molecule has 1 rings (SSSR count). The Kier molecular flexibility index (Phi) is 4.52. The monoisotopic (exact) mass is 147 g/mol. The number of rotatable bonds is 1. The number of ether oxygens (including phenoxy) is 1. The Balaban J connectivity index is 0.000000810. The van der Waals surface area contributed by atoms with Crippen LogP contribution in [0.4, 0.5) is 0 Å². The first-order valence-electron chi connectivity index (χ1n) is 2.66. The van der Waals surface area contributed by atoms with Gasteiger partial charge in [0.15, 0.2) is 11.5 Å². The molecule has 1 radical (unpaired) electrons. The van der Waals surface area contributed by atoms with Crippen LogP contribution in [0.15, 0.2) is 24.3 Å². The van der Waals surface area contributed by atoms with E-state index in [-0.39, 0.29) is 35.3 Å². The molecule has 0 aliphatic rings. The quantitative estimate of drug-likeness (QED) is 0.601. The van der Waals surface area contributed by atoms with E-state index in [1.54, 1.807) is 24.3 Å². The van der Waals surface area contributed by atoms with Gasteiger partial charge in [0.2, 0.25) is 0 Å². The molecule has 0 heterocycles. The second-order valence-electron chi connectivity index (χ2n) is 1.67. The number of hydrogen-bond donors (Lipinski definition) is 1. The average molecular weight is 147 g/mol. The number of benzene rings is 1. The van der Waals surface area contributed by atoms with Crippen molar-refractivity contribution >= 4 is 29.6 Å². The molecule has 2 nitrogen and oxygen atoms in total. The first-order chi connectivity index (χ1) is 4.34. The van der Waals surface area contributed by atoms with Crippen LogP contribution in [-0.4, -0.2) is 41.8 Å². The Bertz CT molecular complexity index is 201. The molecule has 49 valence electrons. The van der Waals surface area contributed by atoms with Gasteiger partial charge in [-0.15, -0.1) is 0 Å². The first kappa shape index (κ1) is 9.82. The van der Waals surface area contributed by atoms with Crippen molar-refractivity contribution in [3.05, 3.63) is 24.3 Å². The van der Waals surface area contributed by atoms with Gasteiger partial charge in [0.05, 0.1) is 7.11 Å². The third kappa shape index (κ3) is 2.21. The van der Waals surface area contributed by atoms with Gasteiger partial charge in [0.1, 0.15) is 0 Å². The molecule has 0 aliphatic heterocycles. The zero-order chi connectivity index (χ0) is 6.69. The average Bonchev–Trinajstić information content (AvgIpc) is 1.89. The van der Waals surface area contributed by atoms with E-state index in [1.807, 2.05) is 0 Å². The Morgan fingerprint density at radius 2 is 1.90 bits per heavy atom. The fourth-order valence-electron chi connectivity index (χ4n) is 0.630. The summed E-state index contributed by atoms with van der Waals surface area (Å²) in [5, 5.41) is 8.99. The van der Waals surface area contributed by atoms with Gasteiger partial charge >= 0.3 is 0 Å². The maximum absolute atomic E-state index is 8.99. The van der Waals surface area contributed by atoms with Crippen LogP contribution < -0.4 is 4.74 Å². The van der Waals surface area contributed by atoms with Crippen molar-refractivity contribution in [2.24, 2.45) is 0 Å². The standard InChI is InChI=1S/C7H8O2.Na/c1-9-7-5-3-2-4-6(7)8;/h2-5,8H,1H3;. The van der Waals surface area contributed by atoms with Gasteiger partial charge < -0.3 is 9.84 Å². The Morgan fingerprint density at radius 1 is 1.30 bits per heavy atom. The first-order valence-corrected chi connectivity index (χ1v) is 2.66. The van der Waals surface area contributed by atoms with Crippen LogP contribution in [0.3, 0.4) is 0 Å². The zero-order valence-corrected chi connectivity index (χ0v) is 8.16. The summed E-state index contributed by atoms with van der Waals surface area (Å²) < 4.78 is 4.79. The molecule has 0 aromatic heterocycles. The molecular formula is C7H8NaO2. The van der Waals surface area contributed by atoms with Crippen LogP contribution in [0, 0.1) is 0 Å². The molecule has 10 heavy (non-hydrogen) atoms. The third-order valence-corrected chi connectivity index (χ3v) is 1.09. The summed E-state index contributed by atoms with van der Waals surface area (Å²) in [7, 11) is 1.52. The number of para-hydroxylation sites is 2. The number of hydrogen-bond acceptors (Lipinski definition) is 2. The molecule has 0 aliphatic carbocycles. The van der Waals surface area contributed by atoms with Crippen molar-refractivity contribution in [3.8, 4) is 11.5 Å². The van der Waals surface area contributed by atoms with E-state index in [2.05, 4.69) is 0 Å². The molecule has 0 saturated heterocycles. The Hall–Kier alpha value is -0.180. The normalized spacial score (nSPS) is 8.10. The van der Waals surface area contributed by atoms with E-state index in [9.17, 15) is 0 Å². The maximum Gasteiger partial charge on any atom is 0.160 e. The SMILES string of the molecule is COc1ccccc1O.[Na]. The van der Waals surface area contributed by atoms with E-state index in [4.69, 9.17) is 9.84 Å². The Labute approximate surface area is 82.1 Å². The van der Waals surface area contributed by atoms with Gasteiger partial charge in [-0.2, -0.15) is 0 Å². The summed E-state index contributed by atoms with van der Waals surface area (Å²) >= 11 is 0. The van der Waals surface area contributed by atoms with Gasteiger partial charge in [0, 0.05) is 29.6 Å². The largest absolute Gasteiger partial charge is 0.504 e. The third-order valence-electron chi connectivity index (χ3n) is 1.09. The summed E-state index contributed by atoms with van der Waals surface area (Å²) in [6.07, 6.45) is 0. The van der Waals surface area contributed by atoms with E-state index in [0.29, 0.717) is 5.75 Å². The molecule has 3 heteroatoms. The van der Waals surface area contributed by atoms with E-state index in [1.165, 1.54) is 7.11 Å². The molecule has 1 N–H and O–H groups in total. The maximum atomic E-state index is 8.99. The van der Waals surface area contributed by atoms with Crippen molar-refractivity contribution in [2.75, 3.05) is 7.11 Å². The van der Waals surface area contributed by atoms with E-state index < -0.39 is 0 Å². The van der Waals surface area contributed by atoms with Crippen LogP contribution in [0.5, 0.6) is 11.5 Å². The molecule has 0 amide bonds. The number of methoxy groups -OCH3 is 1. The van der Waals surface area contributed by atoms with Crippen molar-refractivity contribution in [3.63, 3.8) is 0 Å². The van der Waals surface area contributed by atoms with Gasteiger partial charge in [-0.1, -0.05) is 12.1 Å². The number of phenols is 1. The second kappa shape index (κ2) is 4.61. The minimum Gasteiger partial charge on any atom is -0.504 e. The summed E-state index contributed by atoms with van der Waals surface area (Å²) in [6, 6.07) is 6.84. The van der Waals surface area contributed by atoms with Gasteiger partial charge in [-0.05, 0) is 12.1 Å². The van der Waals surface area contributed by atoms with E-state index in [0.717, 1.165) is 0 Å². The molecule has 0 bridgehead atoms. The molecule has 0 unspecified atom stereocenters. The molecule has 0 spiro atoms. The minimum absolute atomic E-state index is 0. The summed E-state index contributed by atoms with van der Waals surface area (Å²) in [5.74, 6) is 0.692. The van der Waals surface area contributed by atoms with Gasteiger partial charge in [0.25, 0.3) is 0 Å². The Morgan fingerprint density at radius 3 is 2.30 bits per heavy atom. The van der Waals surface area contributed by atoms with Gasteiger partial charge in [-0.3, -0.25) is 0 Å². The molecular weight excluding hydrogens is 139 g/mol. The molecule has 0 saturated carbocycles. The topological polar surface area (TPSA) is 29.5 Å². The van der Waals surface area contributed by atoms with Crippen molar-refractivity contribution in [2.45, 2.75) is 0 Å². The zero-order valence-electron chi connectivity index (χ0n) is 6.16. The number of phenolic OH excluding ortho intramolecular Hbond substituents is 1. The predicted octanol–water partition coefficient (Wildman–Crippen LogP) is 1.02. The van der Waals surface area contributed by atoms with Crippen LogP contribution in [-0.2, 0) is 0 Å². The molecule has 0 fully saturated rings. The van der Waals surface area contributed by atoms with Crippen LogP contribution in [0.1, 0.15) is 0 Å². The van der Waals surface area contributed by atoms with Crippen molar-refractivity contribution < 1.29 is 9.84 Å². The minimum atomic E-state index is 0. The van der Waals surface area contributed by atoms with Crippen LogP contribution in [0.25, 0.3) is 0 Å². The molecule has 1 aromatic carbocycles. The van der Waals surface area contributed by atoms with Crippen LogP contribution >= 0.6 is 0 Å². The fourth-order valence-corrected chi connectivity index (χ4v) is 0.630. The van der Waals surface area contributed by atoms with Crippen LogP contribution in [0.2, 0.25) is 0 Å². The summed E-state index contributed by atoms with van der Waals surface area (Å²) in [5.41, 5.74) is 0. The van der Waals surface area contributed by atoms with Crippen molar-refractivity contribution in [1.29, 1.82) is 0 Å². The van der Waals surface area contributed by atoms with Crippen molar-refractivity contribution in [1.82, 2.24) is 0 Å². The summed E-state index contributed by atoms with van der Waals surface area (Å²) in [4.78, 5) is 0. The predicted molar refractivity (Wildman–Crippen MR) is 40.4 cm³/mol. The number of aromatic hydroxyl groups is 1. The van der Waals surface area contributed by atoms with Gasteiger partial charge in [-0.25, -0.2) is 0 Å².